The van der Waals surface area contributed by atoms with Crippen molar-refractivity contribution in [3.05, 3.63) is 0 Å². The smallest absolute Gasteiger partial charge is 0.307 e. The van der Waals surface area contributed by atoms with Crippen molar-refractivity contribution < 1.29 is 14.7 Å². The normalized spacial score (nSPS) is 20.6. The maximum Gasteiger partial charge on any atom is 0.307 e. The molecule has 98 valence electrons. The maximum absolute atomic E-state index is 12.2. The van der Waals surface area contributed by atoms with Gasteiger partial charge < -0.3 is 10.0 Å². The molecule has 17 heavy (non-hydrogen) atoms. The van der Waals surface area contributed by atoms with E-state index in [1.165, 1.54) is 19.3 Å². The summed E-state index contributed by atoms with van der Waals surface area (Å²) < 4.78 is 0. The van der Waals surface area contributed by atoms with Gasteiger partial charge in [-0.15, -0.1) is 0 Å². The zero-order chi connectivity index (χ0) is 13.0. The molecular formula is C13H23NO3. The van der Waals surface area contributed by atoms with Gasteiger partial charge in [-0.25, -0.2) is 0 Å². The molecule has 1 amide bonds. The molecule has 0 aromatic rings. The summed E-state index contributed by atoms with van der Waals surface area (Å²) in [6.45, 7) is 3.31. The summed E-state index contributed by atoms with van der Waals surface area (Å²) in [5.41, 5.74) is 0. The van der Waals surface area contributed by atoms with Crippen molar-refractivity contribution in [3.8, 4) is 0 Å². The average molecular weight is 241 g/mol. The van der Waals surface area contributed by atoms with Gasteiger partial charge >= 0.3 is 5.97 Å². The molecule has 0 aromatic heterocycles. The van der Waals surface area contributed by atoms with Gasteiger partial charge in [-0.3, -0.25) is 9.59 Å². The first-order valence-corrected chi connectivity index (χ1v) is 6.44. The zero-order valence-electron chi connectivity index (χ0n) is 11.0. The Balaban J connectivity index is 2.58. The first-order valence-electron chi connectivity index (χ1n) is 6.44. The minimum atomic E-state index is -0.900. The van der Waals surface area contributed by atoms with Gasteiger partial charge in [0.05, 0.1) is 5.92 Å². The number of carbonyl (C=O) groups is 2. The third kappa shape index (κ3) is 3.45. The molecule has 1 saturated carbocycles. The van der Waals surface area contributed by atoms with E-state index in [2.05, 4.69) is 0 Å². The third-order valence-corrected chi connectivity index (χ3v) is 4.00. The van der Waals surface area contributed by atoms with Crippen molar-refractivity contribution in [2.45, 2.75) is 52.0 Å². The molecule has 1 N–H and O–H groups in total. The molecule has 0 aromatic carbocycles. The maximum atomic E-state index is 12.2. The van der Waals surface area contributed by atoms with E-state index in [1.54, 1.807) is 18.7 Å². The number of rotatable bonds is 4. The topological polar surface area (TPSA) is 57.6 Å². The number of carbonyl (C=O) groups excluding carboxylic acids is 1. The summed E-state index contributed by atoms with van der Waals surface area (Å²) in [7, 11) is 1.81. The predicted molar refractivity (Wildman–Crippen MR) is 65.6 cm³/mol. The number of carboxylic acid groups (broad SMARTS) is 1. The van der Waals surface area contributed by atoms with E-state index in [-0.39, 0.29) is 5.91 Å². The second-order valence-electron chi connectivity index (χ2n) is 5.16. The van der Waals surface area contributed by atoms with Gasteiger partial charge in [0.25, 0.3) is 0 Å². The van der Waals surface area contributed by atoms with E-state index >= 15 is 0 Å². The average Bonchev–Trinajstić information content (AvgIpc) is 2.36. The van der Waals surface area contributed by atoms with Gasteiger partial charge in [0.15, 0.2) is 0 Å². The number of nitrogens with zero attached hydrogens (tertiary/aromatic N) is 1. The summed E-state index contributed by atoms with van der Waals surface area (Å²) in [4.78, 5) is 24.8. The lowest BCUT2D eigenvalue weighted by Gasteiger charge is -2.33. The Kier molecular flexibility index (Phi) is 4.97. The van der Waals surface area contributed by atoms with Crippen LogP contribution >= 0.6 is 0 Å². The van der Waals surface area contributed by atoms with Crippen LogP contribution < -0.4 is 0 Å². The number of aliphatic carboxylic acids is 1. The summed E-state index contributed by atoms with van der Waals surface area (Å²) in [5.74, 6) is -2.00. The fraction of sp³-hybridized carbons (Fsp3) is 0.846. The second kappa shape index (κ2) is 6.03. The molecular weight excluding hydrogens is 218 g/mol. The van der Waals surface area contributed by atoms with Crippen molar-refractivity contribution in [2.75, 3.05) is 7.05 Å². The molecule has 0 bridgehead atoms. The van der Waals surface area contributed by atoms with Gasteiger partial charge in [-0.05, 0) is 12.8 Å². The summed E-state index contributed by atoms with van der Waals surface area (Å²) >= 11 is 0. The van der Waals surface area contributed by atoms with E-state index in [1.807, 2.05) is 7.05 Å². The highest BCUT2D eigenvalue weighted by atomic mass is 16.4. The van der Waals surface area contributed by atoms with Crippen LogP contribution in [-0.4, -0.2) is 35.0 Å². The van der Waals surface area contributed by atoms with Gasteiger partial charge in [-0.2, -0.15) is 0 Å². The molecule has 1 aliphatic carbocycles. The fourth-order valence-corrected chi connectivity index (χ4v) is 2.40. The first kappa shape index (κ1) is 14.0. The molecule has 2 atom stereocenters. The van der Waals surface area contributed by atoms with Crippen LogP contribution in [0.4, 0.5) is 0 Å². The molecule has 0 heterocycles. The van der Waals surface area contributed by atoms with E-state index in [4.69, 9.17) is 5.11 Å². The van der Waals surface area contributed by atoms with Crippen molar-refractivity contribution >= 4 is 11.9 Å². The van der Waals surface area contributed by atoms with Gasteiger partial charge in [0, 0.05) is 19.0 Å². The summed E-state index contributed by atoms with van der Waals surface area (Å²) in [6.07, 6.45) is 5.70. The van der Waals surface area contributed by atoms with Gasteiger partial charge in [-0.1, -0.05) is 33.1 Å². The van der Waals surface area contributed by atoms with Gasteiger partial charge in [0.2, 0.25) is 5.91 Å². The van der Waals surface area contributed by atoms with E-state index in [0.717, 1.165) is 12.8 Å². The number of hydrogen-bond acceptors (Lipinski definition) is 2. The van der Waals surface area contributed by atoms with Crippen LogP contribution in [0.15, 0.2) is 0 Å². The molecule has 2 unspecified atom stereocenters. The molecule has 0 spiro atoms. The molecule has 1 fully saturated rings. The Morgan fingerprint density at radius 2 is 1.65 bits per heavy atom. The van der Waals surface area contributed by atoms with Crippen LogP contribution in [0.2, 0.25) is 0 Å². The van der Waals surface area contributed by atoms with Crippen LogP contribution in [0.3, 0.4) is 0 Å². The lowest BCUT2D eigenvalue weighted by molar-refractivity contribution is -0.149. The standard InChI is InChI=1S/C13H23NO3/c1-9(10(2)13(16)17)12(15)14(3)11-7-5-4-6-8-11/h9-11H,4-8H2,1-3H3,(H,16,17). The molecule has 0 aliphatic heterocycles. The molecule has 0 radical (unpaired) electrons. The molecule has 1 aliphatic rings. The van der Waals surface area contributed by atoms with Crippen LogP contribution in [0.25, 0.3) is 0 Å². The highest BCUT2D eigenvalue weighted by Gasteiger charge is 2.31. The summed E-state index contributed by atoms with van der Waals surface area (Å²) in [5, 5.41) is 8.92. The lowest BCUT2D eigenvalue weighted by atomic mass is 9.91. The minimum Gasteiger partial charge on any atom is -0.481 e. The number of carboxylic acids is 1. The highest BCUT2D eigenvalue weighted by molar-refractivity contribution is 5.84. The van der Waals surface area contributed by atoms with Crippen LogP contribution in [0.5, 0.6) is 0 Å². The molecule has 0 saturated heterocycles. The largest absolute Gasteiger partial charge is 0.481 e. The van der Waals surface area contributed by atoms with Crippen molar-refractivity contribution in [1.82, 2.24) is 4.90 Å². The Morgan fingerprint density at radius 3 is 2.12 bits per heavy atom. The van der Waals surface area contributed by atoms with Crippen molar-refractivity contribution in [2.24, 2.45) is 11.8 Å². The van der Waals surface area contributed by atoms with Crippen LogP contribution in [0, 0.1) is 11.8 Å². The minimum absolute atomic E-state index is 0.0354. The summed E-state index contributed by atoms with van der Waals surface area (Å²) in [6, 6.07) is 0.305. The van der Waals surface area contributed by atoms with E-state index in [0.29, 0.717) is 6.04 Å². The first-order chi connectivity index (χ1) is 7.95. The Morgan fingerprint density at radius 1 is 1.12 bits per heavy atom. The Labute approximate surface area is 103 Å². The molecule has 4 heteroatoms. The third-order valence-electron chi connectivity index (χ3n) is 4.00. The number of amides is 1. The highest BCUT2D eigenvalue weighted by Crippen LogP contribution is 2.24. The van der Waals surface area contributed by atoms with Gasteiger partial charge in [0.1, 0.15) is 0 Å². The quantitative estimate of drug-likeness (QED) is 0.820. The van der Waals surface area contributed by atoms with Crippen molar-refractivity contribution in [3.63, 3.8) is 0 Å². The van der Waals surface area contributed by atoms with E-state index in [9.17, 15) is 9.59 Å². The number of hydrogen-bond donors (Lipinski definition) is 1. The second-order valence-corrected chi connectivity index (χ2v) is 5.16. The van der Waals surface area contributed by atoms with Crippen molar-refractivity contribution in [1.29, 1.82) is 0 Å². The monoisotopic (exact) mass is 241 g/mol. The SMILES string of the molecule is CC(C(=O)O)C(C)C(=O)N(C)C1CCCCC1. The lowest BCUT2D eigenvalue weighted by Crippen LogP contribution is -2.43. The van der Waals surface area contributed by atoms with Crippen LogP contribution in [0.1, 0.15) is 46.0 Å². The molecule has 4 nitrogen and oxygen atoms in total. The molecule has 1 rings (SSSR count). The van der Waals surface area contributed by atoms with Crippen LogP contribution in [-0.2, 0) is 9.59 Å². The zero-order valence-corrected chi connectivity index (χ0v) is 11.0. The Bertz CT molecular complexity index is 284. The fourth-order valence-electron chi connectivity index (χ4n) is 2.40. The predicted octanol–water partition coefficient (Wildman–Crippen LogP) is 2.13. The van der Waals surface area contributed by atoms with E-state index < -0.39 is 17.8 Å². The Hall–Kier alpha value is -1.06.